The van der Waals surface area contributed by atoms with Crippen molar-refractivity contribution in [2.75, 3.05) is 0 Å². The molecule has 0 fully saturated rings. The van der Waals surface area contributed by atoms with E-state index < -0.39 is 6.10 Å². The number of thiazole rings is 1. The average molecular weight is 295 g/mol. The minimum absolute atomic E-state index is 0.462. The lowest BCUT2D eigenvalue weighted by Crippen LogP contribution is -2.02. The van der Waals surface area contributed by atoms with Crippen LogP contribution in [0.25, 0.3) is 10.2 Å². The summed E-state index contributed by atoms with van der Waals surface area (Å²) in [5.41, 5.74) is 4.91. The molecule has 1 aliphatic carbocycles. The fourth-order valence-electron chi connectivity index (χ4n) is 3.09. The third kappa shape index (κ3) is 2.47. The van der Waals surface area contributed by atoms with Gasteiger partial charge in [-0.15, -0.1) is 11.3 Å². The van der Waals surface area contributed by atoms with Crippen LogP contribution in [0.5, 0.6) is 0 Å². The normalized spacial score (nSPS) is 15.3. The monoisotopic (exact) mass is 295 g/mol. The highest BCUT2D eigenvalue weighted by Gasteiger charge is 2.16. The van der Waals surface area contributed by atoms with Gasteiger partial charge in [-0.2, -0.15) is 0 Å². The molecule has 1 aromatic heterocycles. The molecule has 2 nitrogen and oxygen atoms in total. The van der Waals surface area contributed by atoms with Gasteiger partial charge in [0.15, 0.2) is 0 Å². The molecular weight excluding hydrogens is 278 g/mol. The molecule has 0 aliphatic heterocycles. The first-order valence-electron chi connectivity index (χ1n) is 7.44. The van der Waals surface area contributed by atoms with Gasteiger partial charge in [-0.05, 0) is 48.1 Å². The Morgan fingerprint density at radius 2 is 1.95 bits per heavy atom. The van der Waals surface area contributed by atoms with Crippen LogP contribution in [0.4, 0.5) is 0 Å². The second kappa shape index (κ2) is 5.24. The molecule has 106 valence electrons. The van der Waals surface area contributed by atoms with Gasteiger partial charge in [-0.1, -0.05) is 30.3 Å². The number of aryl methyl sites for hydroxylation is 2. The van der Waals surface area contributed by atoms with Crippen LogP contribution in [-0.4, -0.2) is 10.1 Å². The Morgan fingerprint density at radius 3 is 2.86 bits per heavy atom. The molecule has 0 radical (unpaired) electrons. The van der Waals surface area contributed by atoms with E-state index in [1.165, 1.54) is 28.7 Å². The van der Waals surface area contributed by atoms with E-state index in [4.69, 9.17) is 0 Å². The second-order valence-electron chi connectivity index (χ2n) is 5.68. The zero-order chi connectivity index (χ0) is 14.2. The molecule has 1 atom stereocenters. The fourth-order valence-corrected chi connectivity index (χ4v) is 4.09. The largest absolute Gasteiger partial charge is 0.388 e. The van der Waals surface area contributed by atoms with E-state index >= 15 is 0 Å². The number of para-hydroxylation sites is 1. The summed E-state index contributed by atoms with van der Waals surface area (Å²) < 4.78 is 1.19. The molecule has 3 heteroatoms. The number of hydrogen-bond acceptors (Lipinski definition) is 3. The molecule has 0 saturated carbocycles. The van der Waals surface area contributed by atoms with Crippen LogP contribution >= 0.6 is 11.3 Å². The van der Waals surface area contributed by atoms with Crippen LogP contribution in [-0.2, 0) is 19.3 Å². The number of aliphatic hydroxyl groups is 1. The second-order valence-corrected chi connectivity index (χ2v) is 6.79. The first-order chi connectivity index (χ1) is 10.3. The fraction of sp³-hybridized carbons (Fsp3) is 0.278. The van der Waals surface area contributed by atoms with Crippen molar-refractivity contribution >= 4 is 21.6 Å². The van der Waals surface area contributed by atoms with Crippen LogP contribution in [0.2, 0.25) is 0 Å². The van der Waals surface area contributed by atoms with E-state index in [1.807, 2.05) is 18.2 Å². The van der Waals surface area contributed by atoms with Crippen molar-refractivity contribution in [1.82, 2.24) is 4.98 Å². The zero-order valence-electron chi connectivity index (χ0n) is 11.7. The Hall–Kier alpha value is -1.71. The van der Waals surface area contributed by atoms with Crippen LogP contribution in [0.15, 0.2) is 42.5 Å². The standard InChI is InChI=1S/C18H17NOS/c20-16(14-9-8-12-4-3-5-13(12)10-14)11-18-19-15-6-1-2-7-17(15)21-18/h1-2,6-10,16,20H,3-5,11H2. The predicted molar refractivity (Wildman–Crippen MR) is 86.8 cm³/mol. The van der Waals surface area contributed by atoms with Crippen LogP contribution in [0.3, 0.4) is 0 Å². The molecule has 1 aliphatic rings. The summed E-state index contributed by atoms with van der Waals surface area (Å²) in [5.74, 6) is 0. The van der Waals surface area contributed by atoms with E-state index in [0.29, 0.717) is 6.42 Å². The number of aromatic nitrogens is 1. The maximum absolute atomic E-state index is 10.5. The molecular formula is C18H17NOS. The lowest BCUT2D eigenvalue weighted by molar-refractivity contribution is 0.178. The highest BCUT2D eigenvalue weighted by Crippen LogP contribution is 2.29. The lowest BCUT2D eigenvalue weighted by Gasteiger charge is -2.11. The minimum atomic E-state index is -0.462. The molecule has 1 heterocycles. The molecule has 0 spiro atoms. The maximum atomic E-state index is 10.5. The van der Waals surface area contributed by atoms with Gasteiger partial charge in [-0.3, -0.25) is 0 Å². The molecule has 21 heavy (non-hydrogen) atoms. The van der Waals surface area contributed by atoms with Gasteiger partial charge in [0.05, 0.1) is 21.3 Å². The highest BCUT2D eigenvalue weighted by molar-refractivity contribution is 7.18. The van der Waals surface area contributed by atoms with E-state index in [0.717, 1.165) is 22.5 Å². The van der Waals surface area contributed by atoms with Gasteiger partial charge >= 0.3 is 0 Å². The molecule has 0 bridgehead atoms. The van der Waals surface area contributed by atoms with E-state index in [-0.39, 0.29) is 0 Å². The zero-order valence-corrected chi connectivity index (χ0v) is 12.6. The topological polar surface area (TPSA) is 33.1 Å². The Labute approximate surface area is 128 Å². The summed E-state index contributed by atoms with van der Waals surface area (Å²) in [6.07, 6.45) is 3.71. The number of rotatable bonds is 3. The van der Waals surface area contributed by atoms with Gasteiger partial charge in [0, 0.05) is 6.42 Å². The SMILES string of the molecule is OC(Cc1nc2ccccc2s1)c1ccc2c(c1)CCC2. The third-order valence-electron chi connectivity index (χ3n) is 4.21. The molecule has 4 rings (SSSR count). The number of nitrogens with zero attached hydrogens (tertiary/aromatic N) is 1. The summed E-state index contributed by atoms with van der Waals surface area (Å²) in [7, 11) is 0. The van der Waals surface area contributed by atoms with Crippen LogP contribution in [0.1, 0.15) is 34.2 Å². The summed E-state index contributed by atoms with van der Waals surface area (Å²) in [6, 6.07) is 14.6. The Balaban J connectivity index is 1.58. The quantitative estimate of drug-likeness (QED) is 0.790. The van der Waals surface area contributed by atoms with Gasteiger partial charge in [0.2, 0.25) is 0 Å². The summed E-state index contributed by atoms with van der Waals surface area (Å²) >= 11 is 1.67. The molecule has 1 N–H and O–H groups in total. The highest BCUT2D eigenvalue weighted by atomic mass is 32.1. The van der Waals surface area contributed by atoms with Crippen molar-refractivity contribution in [3.63, 3.8) is 0 Å². The summed E-state index contributed by atoms with van der Waals surface area (Å²) in [5, 5.41) is 11.5. The first-order valence-corrected chi connectivity index (χ1v) is 8.25. The number of aliphatic hydroxyl groups excluding tert-OH is 1. The molecule has 0 amide bonds. The lowest BCUT2D eigenvalue weighted by atomic mass is 10.0. The van der Waals surface area contributed by atoms with Crippen molar-refractivity contribution < 1.29 is 5.11 Å². The van der Waals surface area contributed by atoms with Crippen molar-refractivity contribution in [3.05, 3.63) is 64.2 Å². The molecule has 1 unspecified atom stereocenters. The van der Waals surface area contributed by atoms with Crippen molar-refractivity contribution in [2.45, 2.75) is 31.8 Å². The Kier molecular flexibility index (Phi) is 3.24. The van der Waals surface area contributed by atoms with Crippen LogP contribution < -0.4 is 0 Å². The number of benzene rings is 2. The van der Waals surface area contributed by atoms with Crippen molar-refractivity contribution in [3.8, 4) is 0 Å². The number of hydrogen-bond donors (Lipinski definition) is 1. The van der Waals surface area contributed by atoms with Gasteiger partial charge in [-0.25, -0.2) is 4.98 Å². The molecule has 0 saturated heterocycles. The van der Waals surface area contributed by atoms with Crippen LogP contribution in [0, 0.1) is 0 Å². The maximum Gasteiger partial charge on any atom is 0.0967 e. The van der Waals surface area contributed by atoms with Crippen molar-refractivity contribution in [1.29, 1.82) is 0 Å². The average Bonchev–Trinajstić information content (AvgIpc) is 3.11. The number of fused-ring (bicyclic) bond motifs is 2. The van der Waals surface area contributed by atoms with Crippen molar-refractivity contribution in [2.24, 2.45) is 0 Å². The summed E-state index contributed by atoms with van der Waals surface area (Å²) in [6.45, 7) is 0. The van der Waals surface area contributed by atoms with E-state index in [1.54, 1.807) is 11.3 Å². The first kappa shape index (κ1) is 13.0. The van der Waals surface area contributed by atoms with Gasteiger partial charge in [0.25, 0.3) is 0 Å². The summed E-state index contributed by atoms with van der Waals surface area (Å²) in [4.78, 5) is 4.61. The van der Waals surface area contributed by atoms with E-state index in [9.17, 15) is 5.11 Å². The van der Waals surface area contributed by atoms with Gasteiger partial charge < -0.3 is 5.11 Å². The predicted octanol–water partition coefficient (Wildman–Crippen LogP) is 4.06. The van der Waals surface area contributed by atoms with E-state index in [2.05, 4.69) is 29.2 Å². The Morgan fingerprint density at radius 1 is 1.10 bits per heavy atom. The van der Waals surface area contributed by atoms with Gasteiger partial charge in [0.1, 0.15) is 0 Å². The minimum Gasteiger partial charge on any atom is -0.388 e. The Bertz CT molecular complexity index is 760. The smallest absolute Gasteiger partial charge is 0.0967 e. The third-order valence-corrected chi connectivity index (χ3v) is 5.27. The molecule has 2 aromatic carbocycles. The molecule has 3 aromatic rings.